The molecule has 110 valence electrons. The van der Waals surface area contributed by atoms with Crippen LogP contribution in [0.15, 0.2) is 42.6 Å². The van der Waals surface area contributed by atoms with E-state index < -0.39 is 0 Å². The van der Waals surface area contributed by atoms with E-state index in [0.717, 1.165) is 33.5 Å². The Morgan fingerprint density at radius 3 is 3.09 bits per heavy atom. The summed E-state index contributed by atoms with van der Waals surface area (Å²) in [5, 5.41) is 8.24. The number of benzene rings is 2. The van der Waals surface area contributed by atoms with Crippen LogP contribution in [0.2, 0.25) is 0 Å². The molecule has 1 aliphatic rings. The summed E-state index contributed by atoms with van der Waals surface area (Å²) in [4.78, 5) is 11.7. The predicted octanol–water partition coefficient (Wildman–Crippen LogP) is 2.96. The zero-order chi connectivity index (χ0) is 15.1. The van der Waals surface area contributed by atoms with E-state index in [1.165, 1.54) is 0 Å². The molecule has 0 fully saturated rings. The largest absolute Gasteiger partial charge is 0.490 e. The van der Waals surface area contributed by atoms with Gasteiger partial charge in [0, 0.05) is 18.0 Å². The molecule has 0 saturated heterocycles. The standard InChI is InChI=1S/C17H15N3O2/c1-20-15-6-5-11(9-12(15)10-18-20)13-3-2-4-14-17(13)22-8-7-16(21)19-14/h2-6,9-10H,7-8H2,1H3,(H,19,21). The van der Waals surface area contributed by atoms with Gasteiger partial charge in [-0.1, -0.05) is 18.2 Å². The molecule has 5 nitrogen and oxygen atoms in total. The van der Waals surface area contributed by atoms with Gasteiger partial charge in [0.05, 0.1) is 30.4 Å². The topological polar surface area (TPSA) is 56.2 Å². The molecule has 4 rings (SSSR count). The van der Waals surface area contributed by atoms with Crippen LogP contribution < -0.4 is 10.1 Å². The van der Waals surface area contributed by atoms with Crippen molar-refractivity contribution >= 4 is 22.5 Å². The quantitative estimate of drug-likeness (QED) is 0.750. The highest BCUT2D eigenvalue weighted by atomic mass is 16.5. The van der Waals surface area contributed by atoms with E-state index in [4.69, 9.17) is 4.74 Å². The van der Waals surface area contributed by atoms with Gasteiger partial charge in [0.2, 0.25) is 5.91 Å². The number of fused-ring (bicyclic) bond motifs is 2. The molecule has 1 N–H and O–H groups in total. The molecule has 22 heavy (non-hydrogen) atoms. The van der Waals surface area contributed by atoms with Crippen LogP contribution in [0.25, 0.3) is 22.0 Å². The zero-order valence-corrected chi connectivity index (χ0v) is 12.2. The SMILES string of the molecule is Cn1ncc2cc(-c3cccc4c3OCCC(=O)N4)ccc21. The summed E-state index contributed by atoms with van der Waals surface area (Å²) in [5.74, 6) is 0.718. The average Bonchev–Trinajstić information content (AvgIpc) is 2.77. The monoisotopic (exact) mass is 293 g/mol. The van der Waals surface area contributed by atoms with E-state index >= 15 is 0 Å². The van der Waals surface area contributed by atoms with Gasteiger partial charge in [0.15, 0.2) is 5.75 Å². The van der Waals surface area contributed by atoms with Crippen molar-refractivity contribution < 1.29 is 9.53 Å². The van der Waals surface area contributed by atoms with Crippen LogP contribution in [0.4, 0.5) is 5.69 Å². The maximum absolute atomic E-state index is 11.7. The molecular weight excluding hydrogens is 278 g/mol. The van der Waals surface area contributed by atoms with Gasteiger partial charge >= 0.3 is 0 Å². The summed E-state index contributed by atoms with van der Waals surface area (Å²) in [5.41, 5.74) is 3.84. The maximum atomic E-state index is 11.7. The number of carbonyl (C=O) groups is 1. The molecule has 3 aromatic rings. The van der Waals surface area contributed by atoms with Gasteiger partial charge in [-0.05, 0) is 23.8 Å². The summed E-state index contributed by atoms with van der Waals surface area (Å²) >= 11 is 0. The second-order valence-corrected chi connectivity index (χ2v) is 5.37. The van der Waals surface area contributed by atoms with Crippen LogP contribution in [0, 0.1) is 0 Å². The van der Waals surface area contributed by atoms with Crippen molar-refractivity contribution in [3.63, 3.8) is 0 Å². The lowest BCUT2D eigenvalue weighted by molar-refractivity contribution is -0.116. The van der Waals surface area contributed by atoms with Crippen LogP contribution in [0.1, 0.15) is 6.42 Å². The third kappa shape index (κ3) is 2.02. The Bertz CT molecular complexity index is 883. The number of rotatable bonds is 1. The van der Waals surface area contributed by atoms with E-state index in [1.807, 2.05) is 42.2 Å². The third-order valence-corrected chi connectivity index (χ3v) is 3.92. The molecule has 1 amide bonds. The average molecular weight is 293 g/mol. The Morgan fingerprint density at radius 2 is 2.18 bits per heavy atom. The first-order chi connectivity index (χ1) is 10.7. The lowest BCUT2D eigenvalue weighted by Gasteiger charge is -2.13. The molecule has 0 aliphatic carbocycles. The minimum atomic E-state index is -0.0152. The molecule has 0 atom stereocenters. The van der Waals surface area contributed by atoms with Crippen LogP contribution in [-0.4, -0.2) is 22.3 Å². The Labute approximate surface area is 127 Å². The number of amides is 1. The van der Waals surface area contributed by atoms with Crippen molar-refractivity contribution in [2.75, 3.05) is 11.9 Å². The summed E-state index contributed by atoms with van der Waals surface area (Å²) in [6.07, 6.45) is 2.22. The minimum Gasteiger partial charge on any atom is -0.490 e. The van der Waals surface area contributed by atoms with Crippen LogP contribution >= 0.6 is 0 Å². The molecular formula is C17H15N3O2. The fourth-order valence-corrected chi connectivity index (χ4v) is 2.81. The summed E-state index contributed by atoms with van der Waals surface area (Å²) in [7, 11) is 1.93. The number of anilines is 1. The highest BCUT2D eigenvalue weighted by molar-refractivity contribution is 5.96. The number of hydrogen-bond donors (Lipinski definition) is 1. The Hall–Kier alpha value is -2.82. The number of hydrogen-bond acceptors (Lipinski definition) is 3. The van der Waals surface area contributed by atoms with E-state index in [-0.39, 0.29) is 5.91 Å². The number of ether oxygens (including phenoxy) is 1. The highest BCUT2D eigenvalue weighted by Crippen LogP contribution is 2.38. The van der Waals surface area contributed by atoms with Crippen molar-refractivity contribution in [2.24, 2.45) is 7.05 Å². The van der Waals surface area contributed by atoms with Crippen LogP contribution in [-0.2, 0) is 11.8 Å². The van der Waals surface area contributed by atoms with Crippen LogP contribution in [0.5, 0.6) is 5.75 Å². The molecule has 2 aromatic carbocycles. The number of carbonyl (C=O) groups excluding carboxylic acids is 1. The van der Waals surface area contributed by atoms with E-state index in [2.05, 4.69) is 22.5 Å². The Balaban J connectivity index is 1.87. The summed E-state index contributed by atoms with van der Waals surface area (Å²) in [6.45, 7) is 0.394. The number of nitrogens with zero attached hydrogens (tertiary/aromatic N) is 2. The molecule has 1 aromatic heterocycles. The van der Waals surface area contributed by atoms with Gasteiger partial charge in [-0.25, -0.2) is 0 Å². The number of aryl methyl sites for hydroxylation is 1. The van der Waals surface area contributed by atoms with Crippen LogP contribution in [0.3, 0.4) is 0 Å². The van der Waals surface area contributed by atoms with E-state index in [0.29, 0.717) is 13.0 Å². The fraction of sp³-hybridized carbons (Fsp3) is 0.176. The number of nitrogens with one attached hydrogen (secondary N) is 1. The lowest BCUT2D eigenvalue weighted by Crippen LogP contribution is -2.10. The van der Waals surface area contributed by atoms with Crippen molar-refractivity contribution in [1.82, 2.24) is 9.78 Å². The first kappa shape index (κ1) is 12.9. The van der Waals surface area contributed by atoms with Gasteiger partial charge in [-0.15, -0.1) is 0 Å². The third-order valence-electron chi connectivity index (χ3n) is 3.92. The van der Waals surface area contributed by atoms with Gasteiger partial charge in [0.25, 0.3) is 0 Å². The van der Waals surface area contributed by atoms with Crippen molar-refractivity contribution in [2.45, 2.75) is 6.42 Å². The van der Waals surface area contributed by atoms with E-state index in [1.54, 1.807) is 0 Å². The summed E-state index contributed by atoms with van der Waals surface area (Å²) < 4.78 is 7.67. The molecule has 0 spiro atoms. The zero-order valence-electron chi connectivity index (χ0n) is 12.2. The number of para-hydroxylation sites is 1. The normalized spacial score (nSPS) is 14.1. The van der Waals surface area contributed by atoms with E-state index in [9.17, 15) is 4.79 Å². The minimum absolute atomic E-state index is 0.0152. The maximum Gasteiger partial charge on any atom is 0.227 e. The lowest BCUT2D eigenvalue weighted by atomic mass is 10.0. The molecule has 0 bridgehead atoms. The van der Waals surface area contributed by atoms with Crippen molar-refractivity contribution in [3.8, 4) is 16.9 Å². The smallest absolute Gasteiger partial charge is 0.227 e. The van der Waals surface area contributed by atoms with Gasteiger partial charge in [0.1, 0.15) is 0 Å². The molecule has 2 heterocycles. The van der Waals surface area contributed by atoms with Gasteiger partial charge in [-0.2, -0.15) is 5.10 Å². The number of aromatic nitrogens is 2. The fourth-order valence-electron chi connectivity index (χ4n) is 2.81. The predicted molar refractivity (Wildman–Crippen MR) is 84.9 cm³/mol. The molecule has 0 saturated carbocycles. The Morgan fingerprint density at radius 1 is 1.27 bits per heavy atom. The molecule has 0 radical (unpaired) electrons. The Kier molecular flexibility index (Phi) is 2.85. The second-order valence-electron chi connectivity index (χ2n) is 5.37. The first-order valence-electron chi connectivity index (χ1n) is 7.20. The highest BCUT2D eigenvalue weighted by Gasteiger charge is 2.18. The van der Waals surface area contributed by atoms with Gasteiger partial charge < -0.3 is 10.1 Å². The van der Waals surface area contributed by atoms with Crippen molar-refractivity contribution in [3.05, 3.63) is 42.6 Å². The molecule has 5 heteroatoms. The van der Waals surface area contributed by atoms with Crippen molar-refractivity contribution in [1.29, 1.82) is 0 Å². The molecule has 1 aliphatic heterocycles. The first-order valence-corrected chi connectivity index (χ1v) is 7.20. The molecule has 0 unspecified atom stereocenters. The summed E-state index contributed by atoms with van der Waals surface area (Å²) in [6, 6.07) is 12.0. The second kappa shape index (κ2) is 4.87. The van der Waals surface area contributed by atoms with Gasteiger partial charge in [-0.3, -0.25) is 9.48 Å².